The van der Waals surface area contributed by atoms with Gasteiger partial charge in [-0.05, 0) is 30.3 Å². The van der Waals surface area contributed by atoms with Gasteiger partial charge in [-0.2, -0.15) is 0 Å². The number of hydrogen-bond donors (Lipinski definition) is 1. The minimum absolute atomic E-state index is 0.00333. The van der Waals surface area contributed by atoms with Gasteiger partial charge >= 0.3 is 6.09 Å². The van der Waals surface area contributed by atoms with Gasteiger partial charge in [0.15, 0.2) is 0 Å². The van der Waals surface area contributed by atoms with Crippen LogP contribution in [0.15, 0.2) is 48.5 Å². The average molecular weight is 387 g/mol. The quantitative estimate of drug-likeness (QED) is 0.520. The molecule has 0 aliphatic heterocycles. The van der Waals surface area contributed by atoms with Crippen molar-refractivity contribution in [1.29, 1.82) is 0 Å². The largest absolute Gasteiger partial charge is 0.493 e. The summed E-state index contributed by atoms with van der Waals surface area (Å²) in [6, 6.07) is 13.5. The molecule has 2 rings (SSSR count). The van der Waals surface area contributed by atoms with Crippen molar-refractivity contribution in [2.45, 2.75) is 19.4 Å². The first kappa shape index (κ1) is 21.2. The van der Waals surface area contributed by atoms with Gasteiger partial charge in [0, 0.05) is 32.6 Å². The lowest BCUT2D eigenvalue weighted by atomic mass is 10.0. The molecule has 0 bridgehead atoms. The molecule has 2 aromatic carbocycles. The number of nitrogens with one attached hydrogen (secondary N) is 1. The van der Waals surface area contributed by atoms with Gasteiger partial charge in [-0.15, -0.1) is 0 Å². The molecule has 0 saturated carbocycles. The van der Waals surface area contributed by atoms with Crippen molar-refractivity contribution in [3.05, 3.63) is 64.2 Å². The average Bonchev–Trinajstić information content (AvgIpc) is 2.68. The van der Waals surface area contributed by atoms with Crippen molar-refractivity contribution in [2.24, 2.45) is 0 Å². The van der Waals surface area contributed by atoms with Gasteiger partial charge in [-0.1, -0.05) is 25.1 Å². The minimum atomic E-state index is -0.445. The van der Waals surface area contributed by atoms with Crippen LogP contribution in [-0.2, 0) is 0 Å². The van der Waals surface area contributed by atoms with Crippen LogP contribution in [0.5, 0.6) is 11.5 Å². The highest BCUT2D eigenvalue weighted by molar-refractivity contribution is 5.69. The van der Waals surface area contributed by atoms with Crippen LogP contribution in [0, 0.1) is 10.1 Å². The maximum absolute atomic E-state index is 11.6. The van der Waals surface area contributed by atoms with E-state index < -0.39 is 11.0 Å². The highest BCUT2D eigenvalue weighted by Gasteiger charge is 2.13. The van der Waals surface area contributed by atoms with Gasteiger partial charge in [0.1, 0.15) is 11.5 Å². The van der Waals surface area contributed by atoms with Crippen LogP contribution in [0.1, 0.15) is 24.9 Å². The number of nitro benzene ring substituents is 1. The van der Waals surface area contributed by atoms with Crippen LogP contribution in [-0.4, -0.2) is 43.2 Å². The van der Waals surface area contributed by atoms with Crippen LogP contribution >= 0.6 is 0 Å². The zero-order valence-corrected chi connectivity index (χ0v) is 16.3. The number of non-ortho nitro benzene ring substituents is 1. The second-order valence-electron chi connectivity index (χ2n) is 6.33. The summed E-state index contributed by atoms with van der Waals surface area (Å²) in [6.07, 6.45) is 0.245. The standard InChI is InChI=1S/C20H25N3O5/c1-4-21-19(12-13-27-18-7-5-6-16(14-18)23(25)26)15-8-10-17(11-9-15)28-20(24)22(2)3/h5-11,14,19,21H,4,12-13H2,1-3H3. The normalized spacial score (nSPS) is 11.5. The van der Waals surface area contributed by atoms with E-state index >= 15 is 0 Å². The number of carbonyl (C=O) groups is 1. The summed E-state index contributed by atoms with van der Waals surface area (Å²) in [7, 11) is 3.25. The first-order valence-corrected chi connectivity index (χ1v) is 9.00. The molecule has 2 aromatic rings. The van der Waals surface area contributed by atoms with Crippen molar-refractivity contribution in [3.8, 4) is 11.5 Å². The summed E-state index contributed by atoms with van der Waals surface area (Å²) in [4.78, 5) is 23.4. The molecule has 1 amide bonds. The molecule has 1 unspecified atom stereocenters. The Morgan fingerprint density at radius 1 is 1.18 bits per heavy atom. The first-order chi connectivity index (χ1) is 13.4. The third kappa shape index (κ3) is 6.24. The molecule has 0 heterocycles. The minimum Gasteiger partial charge on any atom is -0.493 e. The second kappa shape index (κ2) is 10.3. The molecule has 0 aliphatic carbocycles. The van der Waals surface area contributed by atoms with Crippen LogP contribution in [0.3, 0.4) is 0 Å². The third-order valence-electron chi connectivity index (χ3n) is 4.01. The molecular weight excluding hydrogens is 362 g/mol. The molecule has 0 spiro atoms. The fourth-order valence-corrected chi connectivity index (χ4v) is 2.57. The van der Waals surface area contributed by atoms with E-state index in [4.69, 9.17) is 9.47 Å². The van der Waals surface area contributed by atoms with Crippen LogP contribution in [0.25, 0.3) is 0 Å². The van der Waals surface area contributed by atoms with Gasteiger partial charge < -0.3 is 19.7 Å². The van der Waals surface area contributed by atoms with Gasteiger partial charge in [0.25, 0.3) is 5.69 Å². The number of ether oxygens (including phenoxy) is 2. The van der Waals surface area contributed by atoms with E-state index in [2.05, 4.69) is 5.32 Å². The summed E-state index contributed by atoms with van der Waals surface area (Å²) in [6.45, 7) is 3.19. The lowest BCUT2D eigenvalue weighted by Gasteiger charge is -2.19. The molecule has 8 heteroatoms. The summed E-state index contributed by atoms with van der Waals surface area (Å²) >= 11 is 0. The molecule has 28 heavy (non-hydrogen) atoms. The zero-order chi connectivity index (χ0) is 20.5. The Hall–Kier alpha value is -3.13. The van der Waals surface area contributed by atoms with E-state index in [1.54, 1.807) is 38.4 Å². The second-order valence-corrected chi connectivity index (χ2v) is 6.33. The number of carbonyl (C=O) groups excluding carboxylic acids is 1. The Morgan fingerprint density at radius 2 is 1.89 bits per heavy atom. The SMILES string of the molecule is CCNC(CCOc1cccc([N+](=O)[O-])c1)c1ccc(OC(=O)N(C)C)cc1. The molecule has 8 nitrogen and oxygen atoms in total. The highest BCUT2D eigenvalue weighted by Crippen LogP contribution is 2.23. The summed E-state index contributed by atoms with van der Waals surface area (Å²) in [5, 5.41) is 14.2. The maximum atomic E-state index is 11.6. The number of nitrogens with zero attached hydrogens (tertiary/aromatic N) is 2. The van der Waals surface area contributed by atoms with E-state index in [-0.39, 0.29) is 11.7 Å². The van der Waals surface area contributed by atoms with E-state index in [9.17, 15) is 14.9 Å². The van der Waals surface area contributed by atoms with Gasteiger partial charge in [-0.25, -0.2) is 4.79 Å². The van der Waals surface area contributed by atoms with Crippen LogP contribution < -0.4 is 14.8 Å². The Kier molecular flexibility index (Phi) is 7.76. The van der Waals surface area contributed by atoms with E-state index in [1.807, 2.05) is 19.1 Å². The Balaban J connectivity index is 1.96. The van der Waals surface area contributed by atoms with Crippen LogP contribution in [0.4, 0.5) is 10.5 Å². The Bertz CT molecular complexity index is 793. The number of amides is 1. The fraction of sp³-hybridized carbons (Fsp3) is 0.350. The predicted molar refractivity (Wildman–Crippen MR) is 106 cm³/mol. The summed E-state index contributed by atoms with van der Waals surface area (Å²) in [5.41, 5.74) is 1.04. The number of rotatable bonds is 9. The van der Waals surface area contributed by atoms with E-state index in [0.29, 0.717) is 24.5 Å². The smallest absolute Gasteiger partial charge is 0.414 e. The van der Waals surface area contributed by atoms with E-state index in [0.717, 1.165) is 12.1 Å². The highest BCUT2D eigenvalue weighted by atomic mass is 16.6. The fourth-order valence-electron chi connectivity index (χ4n) is 2.57. The predicted octanol–water partition coefficient (Wildman–Crippen LogP) is 3.77. The Morgan fingerprint density at radius 3 is 2.50 bits per heavy atom. The summed E-state index contributed by atoms with van der Waals surface area (Å²) in [5.74, 6) is 0.945. The van der Waals surface area contributed by atoms with Gasteiger partial charge in [0.2, 0.25) is 0 Å². The number of benzene rings is 2. The molecule has 0 aliphatic rings. The Labute approximate surface area is 164 Å². The molecule has 0 fully saturated rings. The molecule has 1 N–H and O–H groups in total. The topological polar surface area (TPSA) is 93.9 Å². The monoisotopic (exact) mass is 387 g/mol. The van der Waals surface area contributed by atoms with E-state index in [1.165, 1.54) is 17.0 Å². The zero-order valence-electron chi connectivity index (χ0n) is 16.3. The number of nitro groups is 1. The summed E-state index contributed by atoms with van der Waals surface area (Å²) < 4.78 is 10.9. The molecular formula is C20H25N3O5. The third-order valence-corrected chi connectivity index (χ3v) is 4.01. The van der Waals surface area contributed by atoms with Crippen molar-refractivity contribution in [3.63, 3.8) is 0 Å². The molecule has 1 atom stereocenters. The van der Waals surface area contributed by atoms with Crippen molar-refractivity contribution in [1.82, 2.24) is 10.2 Å². The lowest BCUT2D eigenvalue weighted by molar-refractivity contribution is -0.384. The van der Waals surface area contributed by atoms with Gasteiger partial charge in [-0.3, -0.25) is 10.1 Å². The van der Waals surface area contributed by atoms with Crippen molar-refractivity contribution < 1.29 is 19.2 Å². The molecule has 0 saturated heterocycles. The number of hydrogen-bond acceptors (Lipinski definition) is 6. The van der Waals surface area contributed by atoms with Crippen molar-refractivity contribution >= 4 is 11.8 Å². The van der Waals surface area contributed by atoms with Gasteiger partial charge in [0.05, 0.1) is 17.6 Å². The van der Waals surface area contributed by atoms with Crippen LogP contribution in [0.2, 0.25) is 0 Å². The molecule has 0 radical (unpaired) electrons. The lowest BCUT2D eigenvalue weighted by Crippen LogP contribution is -2.25. The van der Waals surface area contributed by atoms with Crippen molar-refractivity contribution in [2.75, 3.05) is 27.2 Å². The molecule has 150 valence electrons. The first-order valence-electron chi connectivity index (χ1n) is 9.00. The maximum Gasteiger partial charge on any atom is 0.414 e. The molecule has 0 aromatic heterocycles.